The summed E-state index contributed by atoms with van der Waals surface area (Å²) in [6.07, 6.45) is 3.67. The fraction of sp³-hybridized carbons (Fsp3) is 0.245. The maximum Gasteiger partial charge on any atom is 0.338 e. The minimum Gasteiger partial charge on any atom is -0.483 e. The molecule has 8 aromatic rings. The topological polar surface area (TPSA) is 194 Å². The predicted octanol–water partition coefficient (Wildman–Crippen LogP) is 10.4. The van der Waals surface area contributed by atoms with Crippen LogP contribution in [0.1, 0.15) is 77.1 Å². The summed E-state index contributed by atoms with van der Waals surface area (Å²) >= 11 is 7.70. The van der Waals surface area contributed by atoms with Crippen molar-refractivity contribution in [2.45, 2.75) is 69.0 Å². The van der Waals surface area contributed by atoms with E-state index in [2.05, 4.69) is 54.6 Å². The van der Waals surface area contributed by atoms with Gasteiger partial charge in [-0.25, -0.2) is 19.6 Å². The lowest BCUT2D eigenvalue weighted by molar-refractivity contribution is -0.151. The Balaban J connectivity index is 0.947. The summed E-state index contributed by atoms with van der Waals surface area (Å²) in [5, 5.41) is 25.4. The molecule has 0 saturated carbocycles. The van der Waals surface area contributed by atoms with Gasteiger partial charge < -0.3 is 29.3 Å². The molecule has 14 nitrogen and oxygen atoms in total. The molecule has 0 amide bonds. The lowest BCUT2D eigenvalue weighted by Crippen LogP contribution is -2.26. The van der Waals surface area contributed by atoms with E-state index in [1.807, 2.05) is 98.0 Å². The molecule has 65 heavy (non-hydrogen) atoms. The van der Waals surface area contributed by atoms with Gasteiger partial charge in [0, 0.05) is 33.8 Å². The van der Waals surface area contributed by atoms with Gasteiger partial charge in [0.25, 0.3) is 0 Å². The number of aromatic amines is 3. The number of aliphatic carboxylic acids is 1. The van der Waals surface area contributed by atoms with Crippen LogP contribution in [-0.2, 0) is 33.7 Å². The number of hydrogen-bond donors (Lipinski definition) is 4. The Morgan fingerprint density at radius 2 is 1.69 bits per heavy atom. The lowest BCUT2D eigenvalue weighted by Gasteiger charge is -2.23. The predicted molar refractivity (Wildman–Crippen MR) is 249 cm³/mol. The van der Waals surface area contributed by atoms with Crippen LogP contribution in [-0.4, -0.2) is 70.3 Å². The molecule has 0 radical (unpaired) electrons. The van der Waals surface area contributed by atoms with Gasteiger partial charge in [-0.2, -0.15) is 5.21 Å². The minimum atomic E-state index is -1.03. The summed E-state index contributed by atoms with van der Waals surface area (Å²) in [5.41, 5.74) is 8.16. The van der Waals surface area contributed by atoms with Gasteiger partial charge in [-0.3, -0.25) is 0 Å². The third kappa shape index (κ3) is 11.1. The van der Waals surface area contributed by atoms with Crippen molar-refractivity contribution in [1.29, 1.82) is 0 Å². The number of carboxylic acids is 1. The first kappa shape index (κ1) is 44.8. The highest BCUT2D eigenvalue weighted by Crippen LogP contribution is 2.43. The van der Waals surface area contributed by atoms with Crippen molar-refractivity contribution in [1.82, 2.24) is 40.6 Å². The van der Waals surface area contributed by atoms with Crippen LogP contribution in [0.5, 0.6) is 5.75 Å². The number of ether oxygens (including phenoxy) is 3. The second-order valence-corrected chi connectivity index (χ2v) is 17.3. The number of H-pyrrole nitrogens is 3. The first-order chi connectivity index (χ1) is 31.6. The van der Waals surface area contributed by atoms with E-state index in [0.29, 0.717) is 34.4 Å². The number of fused-ring (bicyclic) bond motifs is 1. The molecule has 8 rings (SSSR count). The number of carbonyl (C=O) groups is 2. The summed E-state index contributed by atoms with van der Waals surface area (Å²) < 4.78 is 17.6. The minimum absolute atomic E-state index is 0.00490. The summed E-state index contributed by atoms with van der Waals surface area (Å²) in [7, 11) is 0. The summed E-state index contributed by atoms with van der Waals surface area (Å²) in [4.78, 5) is 42.5. The average Bonchev–Trinajstić information content (AvgIpc) is 4.14. The van der Waals surface area contributed by atoms with Crippen molar-refractivity contribution in [3.8, 4) is 28.3 Å². The number of aryl methyl sites for hydroxylation is 1. The number of carboxylic acid groups (broad SMARTS) is 1. The van der Waals surface area contributed by atoms with Crippen molar-refractivity contribution in [2.75, 3.05) is 6.61 Å². The molecule has 0 spiro atoms. The van der Waals surface area contributed by atoms with Gasteiger partial charge in [-0.1, -0.05) is 73.1 Å². The number of benzene rings is 5. The van der Waals surface area contributed by atoms with Crippen molar-refractivity contribution in [3.63, 3.8) is 0 Å². The summed E-state index contributed by atoms with van der Waals surface area (Å²) in [6, 6.07) is 34.3. The first-order valence-corrected chi connectivity index (χ1v) is 22.5. The number of nitrogens with one attached hydrogen (secondary N) is 3. The maximum absolute atomic E-state index is 13.5. The van der Waals surface area contributed by atoms with Crippen LogP contribution in [0.15, 0.2) is 127 Å². The number of esters is 1. The Bertz CT molecular complexity index is 2820. The Hall–Kier alpha value is -6.81. The van der Waals surface area contributed by atoms with Crippen molar-refractivity contribution in [2.24, 2.45) is 5.92 Å². The summed E-state index contributed by atoms with van der Waals surface area (Å²) in [5.74, 6) is 0.443. The highest BCUT2D eigenvalue weighted by Gasteiger charge is 2.26. The fourth-order valence-corrected chi connectivity index (χ4v) is 8.98. The van der Waals surface area contributed by atoms with Crippen molar-refractivity contribution < 1.29 is 28.9 Å². The number of halogens is 1. The Morgan fingerprint density at radius 3 is 2.40 bits per heavy atom. The summed E-state index contributed by atoms with van der Waals surface area (Å²) in [6.45, 7) is 6.35. The quantitative estimate of drug-likeness (QED) is 0.0418. The van der Waals surface area contributed by atoms with Crippen LogP contribution in [0.3, 0.4) is 0 Å². The SMILES string of the molecule is CCOC(=O)c1cc(-c2ccccc2)c(-c2nn[nH]n2)cc1CCC(C)C(Sc1ccc2nc(C(C)Oc3ccc(CC(OCc4ccc(Cl)cc4)C(=O)O)cc3)[nH]c2c1)c1cnc[nH]1. The molecule has 5 aromatic carbocycles. The molecule has 0 fully saturated rings. The Morgan fingerprint density at radius 1 is 0.908 bits per heavy atom. The van der Waals surface area contributed by atoms with Crippen LogP contribution in [0.4, 0.5) is 0 Å². The molecule has 0 bridgehead atoms. The van der Waals surface area contributed by atoms with Crippen molar-refractivity contribution >= 4 is 46.3 Å². The highest BCUT2D eigenvalue weighted by molar-refractivity contribution is 7.99. The molecule has 4 atom stereocenters. The van der Waals surface area contributed by atoms with Crippen LogP contribution in [0, 0.1) is 5.92 Å². The number of hydrogen-bond acceptors (Lipinski definition) is 11. The van der Waals surface area contributed by atoms with Gasteiger partial charge in [-0.05, 0) is 120 Å². The smallest absolute Gasteiger partial charge is 0.338 e. The number of tetrazole rings is 1. The fourth-order valence-electron chi connectivity index (χ4n) is 7.60. The molecule has 332 valence electrons. The van der Waals surface area contributed by atoms with E-state index in [1.54, 1.807) is 37.1 Å². The second-order valence-electron chi connectivity index (χ2n) is 15.6. The van der Waals surface area contributed by atoms with Crippen LogP contribution >= 0.6 is 23.4 Å². The van der Waals surface area contributed by atoms with Crippen molar-refractivity contribution in [3.05, 3.63) is 161 Å². The first-order valence-electron chi connectivity index (χ1n) is 21.2. The normalized spacial score (nSPS) is 13.3. The second kappa shape index (κ2) is 20.8. The number of imidazole rings is 2. The van der Waals surface area contributed by atoms with Gasteiger partial charge in [0.1, 0.15) is 11.6 Å². The molecule has 0 aliphatic carbocycles. The molecule has 3 aromatic heterocycles. The number of thioether (sulfide) groups is 1. The van der Waals surface area contributed by atoms with E-state index >= 15 is 0 Å². The van der Waals surface area contributed by atoms with E-state index in [-0.39, 0.29) is 36.8 Å². The number of carbonyl (C=O) groups excluding carboxylic acids is 1. The zero-order valence-corrected chi connectivity index (χ0v) is 37.5. The molecule has 0 aliphatic heterocycles. The van der Waals surface area contributed by atoms with Gasteiger partial charge in [0.2, 0.25) is 5.82 Å². The molecule has 3 heterocycles. The van der Waals surface area contributed by atoms with E-state index in [9.17, 15) is 14.7 Å². The Kier molecular flexibility index (Phi) is 14.3. The maximum atomic E-state index is 13.5. The van der Waals surface area contributed by atoms with Crippen LogP contribution in [0.25, 0.3) is 33.5 Å². The van der Waals surface area contributed by atoms with E-state index in [1.165, 1.54) is 0 Å². The van der Waals surface area contributed by atoms with E-state index in [4.69, 9.17) is 30.8 Å². The number of rotatable bonds is 20. The van der Waals surface area contributed by atoms with Gasteiger partial charge in [0.15, 0.2) is 12.2 Å². The number of aromatic nitrogens is 8. The monoisotopic (exact) mass is 910 g/mol. The highest BCUT2D eigenvalue weighted by atomic mass is 35.5. The standard InChI is InChI=1S/C49H47ClN8O6S/c1-4-62-49(61)39-25-38(33-8-6-5-7-9-33)40(47-55-57-58-56-47)23-34(39)15-10-29(2)45(43-26-51-28-52-43)65-37-20-21-41-42(24-37)54-46(53-41)30(3)64-36-18-13-31(14-19-36)22-44(48(59)60)63-27-32-11-16-35(50)17-12-32/h5-9,11-14,16-21,23-26,28-30,44-45H,4,10,15,22,27H2,1-3H3,(H,51,52)(H,53,54)(H,59,60)(H,55,56,57,58). The van der Waals surface area contributed by atoms with Gasteiger partial charge in [-0.15, -0.1) is 22.0 Å². The zero-order chi connectivity index (χ0) is 45.3. The molecular formula is C49H47ClN8O6S. The Labute approximate surface area is 384 Å². The van der Waals surface area contributed by atoms with E-state index in [0.717, 1.165) is 61.4 Å². The van der Waals surface area contributed by atoms with E-state index < -0.39 is 18.2 Å². The lowest BCUT2D eigenvalue weighted by atomic mass is 9.89. The average molecular weight is 911 g/mol. The molecular weight excluding hydrogens is 864 g/mol. The molecule has 0 aliphatic rings. The molecule has 4 N–H and O–H groups in total. The molecule has 0 saturated heterocycles. The van der Waals surface area contributed by atoms with Crippen LogP contribution in [0.2, 0.25) is 5.02 Å². The third-order valence-electron chi connectivity index (χ3n) is 11.0. The third-order valence-corrected chi connectivity index (χ3v) is 12.8. The largest absolute Gasteiger partial charge is 0.483 e. The van der Waals surface area contributed by atoms with Gasteiger partial charge in [0.05, 0.1) is 41.4 Å². The molecule has 4 unspecified atom stereocenters. The number of nitrogens with zero attached hydrogens (tertiary/aromatic N) is 5. The van der Waals surface area contributed by atoms with Gasteiger partial charge >= 0.3 is 11.9 Å². The van der Waals surface area contributed by atoms with Crippen LogP contribution < -0.4 is 4.74 Å². The zero-order valence-electron chi connectivity index (χ0n) is 35.9. The molecule has 16 heteroatoms.